The van der Waals surface area contributed by atoms with Gasteiger partial charge in [-0.15, -0.1) is 18.9 Å². The molecule has 6 N–H and O–H groups in total. The Kier molecular flexibility index (Phi) is 14.3. The van der Waals surface area contributed by atoms with Gasteiger partial charge in [-0.25, -0.2) is 0 Å². The number of ketones is 1. The van der Waals surface area contributed by atoms with E-state index in [1.807, 2.05) is 0 Å². The number of nitrogens with one attached hydrogen (secondary N) is 2. The van der Waals surface area contributed by atoms with Gasteiger partial charge in [-0.3, -0.25) is 43.2 Å². The fraction of sp³-hybridized carbons (Fsp3) is 0.306. The van der Waals surface area contributed by atoms with Crippen molar-refractivity contribution in [2.45, 2.75) is 38.6 Å². The van der Waals surface area contributed by atoms with Crippen LogP contribution >= 0.6 is 0 Å². The largest absolute Gasteiger partial charge is 0.425 e. The minimum absolute atomic E-state index is 0.00509. The Bertz CT molecular complexity index is 2380. The van der Waals surface area contributed by atoms with Crippen LogP contribution in [0.1, 0.15) is 74.6 Å². The summed E-state index contributed by atoms with van der Waals surface area (Å²) in [5, 5.41) is 45.4. The Morgan fingerprint density at radius 2 is 0.912 bits per heavy atom. The lowest BCUT2D eigenvalue weighted by Crippen LogP contribution is -2.45. The molecule has 21 heteroatoms. The van der Waals surface area contributed by atoms with Crippen LogP contribution in [0.4, 0.5) is 0 Å². The number of pyridine rings is 4. The average molecular weight is 793 g/mol. The first-order valence-corrected chi connectivity index (χ1v) is 17.5. The second kappa shape index (κ2) is 19.2. The third-order valence-electron chi connectivity index (χ3n) is 8.68. The summed E-state index contributed by atoms with van der Waals surface area (Å²) in [6.45, 7) is 0.857. The molecule has 4 aromatic rings. The summed E-state index contributed by atoms with van der Waals surface area (Å²) in [7, 11) is 0. The topological polar surface area (TPSA) is 285 Å². The van der Waals surface area contributed by atoms with Crippen molar-refractivity contribution in [2.24, 2.45) is 0 Å². The highest BCUT2D eigenvalue weighted by Gasteiger charge is 2.26. The van der Waals surface area contributed by atoms with E-state index >= 15 is 0 Å². The molecule has 4 amide bonds. The average Bonchev–Trinajstić information content (AvgIpc) is 3.18. The van der Waals surface area contributed by atoms with Crippen LogP contribution in [-0.2, 0) is 4.79 Å². The van der Waals surface area contributed by atoms with Gasteiger partial charge < -0.3 is 41.3 Å². The van der Waals surface area contributed by atoms with E-state index in [1.54, 1.807) is 0 Å². The fourth-order valence-corrected chi connectivity index (χ4v) is 5.61. The quantitative estimate of drug-likeness (QED) is 0.0535. The van der Waals surface area contributed by atoms with Gasteiger partial charge >= 0.3 is 0 Å². The third-order valence-corrected chi connectivity index (χ3v) is 8.68. The summed E-state index contributed by atoms with van der Waals surface area (Å²) in [4.78, 5) is 115. The molecule has 0 aliphatic carbocycles. The molecular weight excluding hydrogens is 752 g/mol. The first kappa shape index (κ1) is 42.3. The van der Waals surface area contributed by atoms with Crippen LogP contribution < -0.4 is 32.9 Å². The van der Waals surface area contributed by atoms with Gasteiger partial charge in [-0.1, -0.05) is 24.3 Å². The Hall–Kier alpha value is -7.45. The van der Waals surface area contributed by atoms with Crippen molar-refractivity contribution in [2.75, 3.05) is 32.7 Å². The molecule has 0 radical (unpaired) electrons. The number of Topliss-reactive ketones (excluding diaryl/α,β-unsaturated/α-hetero) is 1. The number of hydrogen-bond acceptors (Lipinski definition) is 13. The predicted molar refractivity (Wildman–Crippen MR) is 196 cm³/mol. The van der Waals surface area contributed by atoms with Crippen molar-refractivity contribution >= 4 is 29.4 Å². The number of aromatic nitrogens is 4. The molecule has 0 saturated carbocycles. The fourth-order valence-electron chi connectivity index (χ4n) is 5.61. The highest BCUT2D eigenvalue weighted by molar-refractivity contribution is 5.96. The van der Waals surface area contributed by atoms with E-state index < -0.39 is 69.1 Å². The standard InChI is InChI=1S/C36H40N8O13/c1-23(45)24(38-34(51)26-10-5-14-30(47)42(26)55)17-22-40(36(53)28-12-7-16-32(49)44(28)57)20-3-2-19-39(35(52)27-11-6-15-31(48)43(27)56)21-8-18-37-33(50)25-9-4-13-29(46)41(25)54/h4-7,9-16,24,54-57H,2-3,8,17-22H2,1H3,(H,37,50)(H,38,51). The van der Waals surface area contributed by atoms with Gasteiger partial charge in [0.2, 0.25) is 0 Å². The van der Waals surface area contributed by atoms with E-state index in [2.05, 4.69) is 10.6 Å². The molecule has 21 nitrogen and oxygen atoms in total. The lowest BCUT2D eigenvalue weighted by molar-refractivity contribution is -0.119. The van der Waals surface area contributed by atoms with Gasteiger partial charge in [-0.2, -0.15) is 0 Å². The molecule has 1 atom stereocenters. The number of carbonyl (C=O) groups excluding carboxylic acids is 5. The smallest absolute Gasteiger partial charge is 0.283 e. The van der Waals surface area contributed by atoms with E-state index in [0.29, 0.717) is 0 Å². The molecule has 0 fully saturated rings. The molecule has 4 aromatic heterocycles. The van der Waals surface area contributed by atoms with Crippen molar-refractivity contribution in [1.82, 2.24) is 39.4 Å². The van der Waals surface area contributed by atoms with Crippen LogP contribution in [0.5, 0.6) is 0 Å². The zero-order valence-corrected chi connectivity index (χ0v) is 30.5. The van der Waals surface area contributed by atoms with Crippen LogP contribution in [0.3, 0.4) is 0 Å². The summed E-state index contributed by atoms with van der Waals surface area (Å²) >= 11 is 0. The Morgan fingerprint density at radius 1 is 0.544 bits per heavy atom. The highest BCUT2D eigenvalue weighted by Crippen LogP contribution is 2.11. The van der Waals surface area contributed by atoms with Crippen LogP contribution in [0.2, 0.25) is 0 Å². The van der Waals surface area contributed by atoms with Crippen molar-refractivity contribution < 1.29 is 44.8 Å². The second-order valence-electron chi connectivity index (χ2n) is 12.6. The minimum atomic E-state index is -1.21. The van der Waals surface area contributed by atoms with Gasteiger partial charge in [0.25, 0.3) is 45.9 Å². The SMILES string of the molecule is CC(=O)C(CCN(CCCCN(CCCNC(=O)c1cccc(=O)n1O)C(=O)c1cccc(=O)n1O)C(=O)c1cccc(=O)n1O)NC(=O)c1cccc(=O)n1O. The van der Waals surface area contributed by atoms with E-state index in [1.165, 1.54) is 59.2 Å². The van der Waals surface area contributed by atoms with E-state index in [-0.39, 0.29) is 88.7 Å². The van der Waals surface area contributed by atoms with Crippen LogP contribution in [0, 0.1) is 0 Å². The van der Waals surface area contributed by atoms with Crippen LogP contribution in [0.15, 0.2) is 92.0 Å². The van der Waals surface area contributed by atoms with E-state index in [4.69, 9.17) is 0 Å². The summed E-state index contributed by atoms with van der Waals surface area (Å²) < 4.78 is 0.631. The summed E-state index contributed by atoms with van der Waals surface area (Å²) in [6, 6.07) is 12.8. The van der Waals surface area contributed by atoms with Gasteiger partial charge in [-0.05, 0) is 56.9 Å². The number of hydrogen-bond donors (Lipinski definition) is 6. The molecule has 0 aromatic carbocycles. The number of amides is 4. The molecule has 4 heterocycles. The normalized spacial score (nSPS) is 11.3. The number of carbonyl (C=O) groups is 5. The second-order valence-corrected chi connectivity index (χ2v) is 12.6. The van der Waals surface area contributed by atoms with Crippen LogP contribution in [0.25, 0.3) is 0 Å². The Morgan fingerprint density at radius 3 is 1.35 bits per heavy atom. The predicted octanol–water partition coefficient (Wildman–Crippen LogP) is -0.755. The maximum atomic E-state index is 13.7. The zero-order valence-electron chi connectivity index (χ0n) is 30.5. The molecule has 0 bridgehead atoms. The van der Waals surface area contributed by atoms with Gasteiger partial charge in [0.1, 0.15) is 22.8 Å². The maximum absolute atomic E-state index is 13.7. The molecule has 1 unspecified atom stereocenters. The number of nitrogens with zero attached hydrogens (tertiary/aromatic N) is 6. The van der Waals surface area contributed by atoms with Gasteiger partial charge in [0, 0.05) is 57.0 Å². The Balaban J connectivity index is 1.48. The highest BCUT2D eigenvalue weighted by atomic mass is 16.5. The van der Waals surface area contributed by atoms with E-state index in [0.717, 1.165) is 30.3 Å². The monoisotopic (exact) mass is 792 g/mol. The van der Waals surface area contributed by atoms with Crippen molar-refractivity contribution in [3.05, 3.63) is 137 Å². The molecule has 0 spiro atoms. The van der Waals surface area contributed by atoms with Gasteiger partial charge in [0.05, 0.1) is 6.04 Å². The molecule has 0 saturated heterocycles. The molecule has 302 valence electrons. The molecular formula is C36H40N8O13. The summed E-state index contributed by atoms with van der Waals surface area (Å²) in [6.07, 6.45) is 0.338. The Labute approximate surface area is 321 Å². The number of rotatable bonds is 18. The van der Waals surface area contributed by atoms with E-state index in [9.17, 15) is 64.0 Å². The maximum Gasteiger partial charge on any atom is 0.283 e. The van der Waals surface area contributed by atoms with Crippen LogP contribution in [-0.4, -0.2) is 118 Å². The van der Waals surface area contributed by atoms with Gasteiger partial charge in [0.15, 0.2) is 5.78 Å². The molecule has 4 rings (SSSR count). The molecule has 0 aliphatic heterocycles. The number of unbranched alkanes of at least 4 members (excludes halogenated alkanes) is 1. The lowest BCUT2D eigenvalue weighted by atomic mass is 10.1. The lowest BCUT2D eigenvalue weighted by Gasteiger charge is -2.27. The first-order valence-electron chi connectivity index (χ1n) is 17.5. The summed E-state index contributed by atoms with van der Waals surface area (Å²) in [5.41, 5.74) is -4.99. The zero-order chi connectivity index (χ0) is 41.8. The minimum Gasteiger partial charge on any atom is -0.425 e. The first-order chi connectivity index (χ1) is 27.1. The third kappa shape index (κ3) is 10.6. The van der Waals surface area contributed by atoms with Crippen molar-refractivity contribution in [1.29, 1.82) is 0 Å². The summed E-state index contributed by atoms with van der Waals surface area (Å²) in [5.74, 6) is -3.81. The van der Waals surface area contributed by atoms with Crippen molar-refractivity contribution in [3.63, 3.8) is 0 Å². The van der Waals surface area contributed by atoms with Crippen molar-refractivity contribution in [3.8, 4) is 0 Å². The molecule has 0 aliphatic rings. The molecule has 57 heavy (non-hydrogen) atoms.